The van der Waals surface area contributed by atoms with Gasteiger partial charge >= 0.3 is 0 Å². The fourth-order valence-corrected chi connectivity index (χ4v) is 4.14. The van der Waals surface area contributed by atoms with Gasteiger partial charge in [-0.25, -0.2) is 18.4 Å². The number of hydrogen-bond acceptors (Lipinski definition) is 7. The van der Waals surface area contributed by atoms with Gasteiger partial charge in [0.05, 0.1) is 21.2 Å². The fourth-order valence-electron chi connectivity index (χ4n) is 3.16. The number of nitrogens with zero attached hydrogens (tertiary/aromatic N) is 3. The molecule has 0 saturated heterocycles. The number of anilines is 3. The predicted molar refractivity (Wildman–Crippen MR) is 132 cm³/mol. The van der Waals surface area contributed by atoms with Crippen LogP contribution in [0, 0.1) is 6.92 Å². The van der Waals surface area contributed by atoms with E-state index in [-0.39, 0.29) is 15.5 Å². The average molecular weight is 494 g/mol. The molecule has 0 radical (unpaired) electrons. The summed E-state index contributed by atoms with van der Waals surface area (Å²) in [6.07, 6.45) is 6.15. The molecular weight excluding hydrogens is 474 g/mol. The van der Waals surface area contributed by atoms with Crippen LogP contribution >= 0.6 is 11.6 Å². The van der Waals surface area contributed by atoms with Crippen molar-refractivity contribution in [1.29, 1.82) is 0 Å². The third-order valence-electron chi connectivity index (χ3n) is 4.97. The molecule has 0 spiro atoms. The summed E-state index contributed by atoms with van der Waals surface area (Å²) >= 11 is 6.17. The number of carbonyl (C=O) groups excluding carboxylic acids is 1. The fraction of sp³-hybridized carbons (Fsp3) is 0.0833. The van der Waals surface area contributed by atoms with E-state index in [4.69, 9.17) is 11.6 Å². The molecule has 2 heterocycles. The molecule has 0 aliphatic heterocycles. The van der Waals surface area contributed by atoms with Gasteiger partial charge in [0.15, 0.2) is 9.84 Å². The topological polar surface area (TPSA) is 114 Å². The summed E-state index contributed by atoms with van der Waals surface area (Å²) in [5, 5.41) is 6.02. The molecule has 0 fully saturated rings. The van der Waals surface area contributed by atoms with Gasteiger partial charge in [0, 0.05) is 41.8 Å². The Kier molecular flexibility index (Phi) is 6.58. The van der Waals surface area contributed by atoms with Gasteiger partial charge in [-0.2, -0.15) is 0 Å². The minimum absolute atomic E-state index is 0.0457. The average Bonchev–Trinajstić information content (AvgIpc) is 2.81. The number of hydrogen-bond donors (Lipinski definition) is 2. The Balaban J connectivity index is 1.55. The van der Waals surface area contributed by atoms with E-state index in [0.29, 0.717) is 17.3 Å². The highest BCUT2D eigenvalue weighted by atomic mass is 35.5. The first-order chi connectivity index (χ1) is 16.2. The SMILES string of the molecule is Cc1ccc(NC(=O)c2ccc(S(C)(=O)=O)cc2Cl)cc1Nc1nccc(-c2cccnc2)n1. The molecule has 0 aliphatic carbocycles. The molecule has 1 amide bonds. The zero-order chi connectivity index (χ0) is 24.3. The van der Waals surface area contributed by atoms with Crippen LogP contribution in [0.3, 0.4) is 0 Å². The van der Waals surface area contributed by atoms with Crippen molar-refractivity contribution in [3.8, 4) is 11.3 Å². The van der Waals surface area contributed by atoms with Crippen molar-refractivity contribution in [1.82, 2.24) is 15.0 Å². The lowest BCUT2D eigenvalue weighted by Gasteiger charge is -2.13. The summed E-state index contributed by atoms with van der Waals surface area (Å²) in [6, 6.07) is 14.9. The molecule has 0 bridgehead atoms. The molecule has 172 valence electrons. The number of halogens is 1. The van der Waals surface area contributed by atoms with Crippen LogP contribution in [-0.4, -0.2) is 35.5 Å². The highest BCUT2D eigenvalue weighted by Crippen LogP contribution is 2.26. The van der Waals surface area contributed by atoms with E-state index in [2.05, 4.69) is 25.6 Å². The van der Waals surface area contributed by atoms with Gasteiger partial charge in [0.2, 0.25) is 5.95 Å². The van der Waals surface area contributed by atoms with Gasteiger partial charge in [-0.05, 0) is 61.0 Å². The van der Waals surface area contributed by atoms with Crippen molar-refractivity contribution in [3.63, 3.8) is 0 Å². The lowest BCUT2D eigenvalue weighted by atomic mass is 10.1. The first-order valence-corrected chi connectivity index (χ1v) is 12.4. The third-order valence-corrected chi connectivity index (χ3v) is 6.39. The summed E-state index contributed by atoms with van der Waals surface area (Å²) < 4.78 is 23.4. The van der Waals surface area contributed by atoms with E-state index in [9.17, 15) is 13.2 Å². The molecule has 0 atom stereocenters. The number of amides is 1. The molecule has 0 saturated carbocycles. The Morgan fingerprint density at radius 1 is 1.03 bits per heavy atom. The second kappa shape index (κ2) is 9.58. The van der Waals surface area contributed by atoms with Crippen LogP contribution in [-0.2, 0) is 9.84 Å². The van der Waals surface area contributed by atoms with Crippen molar-refractivity contribution < 1.29 is 13.2 Å². The number of benzene rings is 2. The van der Waals surface area contributed by atoms with Gasteiger partial charge in [-0.3, -0.25) is 9.78 Å². The molecule has 10 heteroatoms. The van der Waals surface area contributed by atoms with Gasteiger partial charge in [0.25, 0.3) is 5.91 Å². The molecule has 8 nitrogen and oxygen atoms in total. The maximum absolute atomic E-state index is 12.8. The summed E-state index contributed by atoms with van der Waals surface area (Å²) in [5.41, 5.74) is 3.90. The molecule has 0 aliphatic rings. The summed E-state index contributed by atoms with van der Waals surface area (Å²) in [4.78, 5) is 25.7. The van der Waals surface area contributed by atoms with Crippen LogP contribution in [0.4, 0.5) is 17.3 Å². The third kappa shape index (κ3) is 5.38. The van der Waals surface area contributed by atoms with Crippen molar-refractivity contribution in [2.75, 3.05) is 16.9 Å². The first kappa shape index (κ1) is 23.3. The molecule has 2 aromatic heterocycles. The minimum atomic E-state index is -3.43. The standard InChI is InChI=1S/C24H20ClN5O3S/c1-15-5-6-17(28-23(31)19-8-7-18(13-20(19)25)34(2,32)33)12-22(15)30-24-27-11-9-21(29-24)16-4-3-10-26-14-16/h3-14H,1-2H3,(H,28,31)(H,27,29,30). The number of nitrogens with one attached hydrogen (secondary N) is 2. The van der Waals surface area contributed by atoms with Crippen molar-refractivity contribution >= 4 is 44.7 Å². The summed E-state index contributed by atoms with van der Waals surface area (Å²) in [5.74, 6) is -0.0676. The van der Waals surface area contributed by atoms with E-state index in [0.717, 1.165) is 23.1 Å². The van der Waals surface area contributed by atoms with E-state index in [1.165, 1.54) is 18.2 Å². The van der Waals surface area contributed by atoms with Gasteiger partial charge < -0.3 is 10.6 Å². The highest BCUT2D eigenvalue weighted by Gasteiger charge is 2.15. The van der Waals surface area contributed by atoms with Crippen LogP contribution in [0.2, 0.25) is 5.02 Å². The number of aryl methyl sites for hydroxylation is 1. The smallest absolute Gasteiger partial charge is 0.257 e. The maximum atomic E-state index is 12.8. The molecule has 34 heavy (non-hydrogen) atoms. The largest absolute Gasteiger partial charge is 0.324 e. The normalized spacial score (nSPS) is 11.1. The Labute approximate surface area is 202 Å². The predicted octanol–water partition coefficient (Wildman–Crippen LogP) is 4.90. The van der Waals surface area contributed by atoms with Crippen LogP contribution in [0.25, 0.3) is 11.3 Å². The van der Waals surface area contributed by atoms with Crippen molar-refractivity contribution in [2.24, 2.45) is 0 Å². The number of aromatic nitrogens is 3. The quantitative estimate of drug-likeness (QED) is 0.392. The second-order valence-corrected chi connectivity index (χ2v) is 9.95. The Bertz CT molecular complexity index is 1480. The number of pyridine rings is 1. The molecular formula is C24H20ClN5O3S. The lowest BCUT2D eigenvalue weighted by molar-refractivity contribution is 0.102. The van der Waals surface area contributed by atoms with E-state index >= 15 is 0 Å². The molecule has 2 N–H and O–H groups in total. The zero-order valence-corrected chi connectivity index (χ0v) is 19.9. The zero-order valence-electron chi connectivity index (χ0n) is 18.3. The molecule has 4 aromatic rings. The van der Waals surface area contributed by atoms with E-state index in [1.807, 2.05) is 25.1 Å². The van der Waals surface area contributed by atoms with Gasteiger partial charge in [-0.1, -0.05) is 17.7 Å². The van der Waals surface area contributed by atoms with Crippen LogP contribution < -0.4 is 10.6 Å². The van der Waals surface area contributed by atoms with E-state index < -0.39 is 15.7 Å². The second-order valence-electron chi connectivity index (χ2n) is 7.53. The monoisotopic (exact) mass is 493 g/mol. The molecule has 4 rings (SSSR count). The maximum Gasteiger partial charge on any atom is 0.257 e. The Morgan fingerprint density at radius 3 is 2.56 bits per heavy atom. The number of rotatable bonds is 6. The van der Waals surface area contributed by atoms with E-state index in [1.54, 1.807) is 36.8 Å². The van der Waals surface area contributed by atoms with Gasteiger partial charge in [0.1, 0.15) is 0 Å². The summed E-state index contributed by atoms with van der Waals surface area (Å²) in [7, 11) is -3.43. The van der Waals surface area contributed by atoms with Crippen LogP contribution in [0.15, 0.2) is 78.1 Å². The van der Waals surface area contributed by atoms with Crippen LogP contribution in [0.5, 0.6) is 0 Å². The molecule has 2 aromatic carbocycles. The van der Waals surface area contributed by atoms with Gasteiger partial charge in [-0.15, -0.1) is 0 Å². The molecule has 0 unspecified atom stereocenters. The first-order valence-electron chi connectivity index (χ1n) is 10.1. The Hall–Kier alpha value is -3.82. The number of sulfone groups is 1. The minimum Gasteiger partial charge on any atom is -0.324 e. The number of carbonyl (C=O) groups is 1. The van der Waals surface area contributed by atoms with Crippen LogP contribution in [0.1, 0.15) is 15.9 Å². The Morgan fingerprint density at radius 2 is 1.85 bits per heavy atom. The summed E-state index contributed by atoms with van der Waals surface area (Å²) in [6.45, 7) is 1.92. The van der Waals surface area contributed by atoms with Crippen molar-refractivity contribution in [2.45, 2.75) is 11.8 Å². The highest BCUT2D eigenvalue weighted by molar-refractivity contribution is 7.90. The van der Waals surface area contributed by atoms with Crippen molar-refractivity contribution in [3.05, 3.63) is 89.3 Å². The lowest BCUT2D eigenvalue weighted by Crippen LogP contribution is -2.13.